The van der Waals surface area contributed by atoms with E-state index in [1.807, 2.05) is 30.3 Å². The third-order valence-electron chi connectivity index (χ3n) is 3.44. The lowest BCUT2D eigenvalue weighted by Gasteiger charge is -2.22. The Labute approximate surface area is 117 Å². The second-order valence-corrected chi connectivity index (χ2v) is 4.70. The number of carboxylic acid groups (broad SMARTS) is 1. The van der Waals surface area contributed by atoms with Gasteiger partial charge in [0.05, 0.1) is 0 Å². The molecule has 2 atom stereocenters. The molecule has 1 fully saturated rings. The van der Waals surface area contributed by atoms with Gasteiger partial charge in [-0.3, -0.25) is 4.90 Å². The van der Waals surface area contributed by atoms with Crippen molar-refractivity contribution in [2.45, 2.75) is 19.1 Å². The Bertz CT molecular complexity index is 500. The molecule has 1 aromatic rings. The second-order valence-electron chi connectivity index (χ2n) is 4.70. The van der Waals surface area contributed by atoms with E-state index in [1.54, 1.807) is 6.08 Å². The molecule has 0 bridgehead atoms. The molecule has 0 saturated carbocycles. The summed E-state index contributed by atoms with van der Waals surface area (Å²) < 4.78 is 5.17. The number of rotatable bonds is 4. The van der Waals surface area contributed by atoms with Gasteiger partial charge in [-0.1, -0.05) is 36.4 Å². The summed E-state index contributed by atoms with van der Waals surface area (Å²) in [5.41, 5.74) is 0.868. The SMILES string of the molecule is C=C[C@H]1CCN(C(=O)OCc2ccccc2)[C@@H]1C(=O)O. The van der Waals surface area contributed by atoms with Gasteiger partial charge in [0.15, 0.2) is 0 Å². The van der Waals surface area contributed by atoms with Crippen LogP contribution in [0.1, 0.15) is 12.0 Å². The quantitative estimate of drug-likeness (QED) is 0.856. The minimum Gasteiger partial charge on any atom is -0.480 e. The van der Waals surface area contributed by atoms with E-state index < -0.39 is 18.1 Å². The largest absolute Gasteiger partial charge is 0.480 e. The van der Waals surface area contributed by atoms with Crippen LogP contribution in [0.3, 0.4) is 0 Å². The zero-order chi connectivity index (χ0) is 14.5. The highest BCUT2D eigenvalue weighted by Crippen LogP contribution is 2.26. The number of nitrogens with zero attached hydrogens (tertiary/aromatic N) is 1. The van der Waals surface area contributed by atoms with E-state index in [-0.39, 0.29) is 12.5 Å². The number of hydrogen-bond donors (Lipinski definition) is 1. The number of aliphatic carboxylic acids is 1. The predicted octanol–water partition coefficient (Wildman–Crippen LogP) is 2.28. The molecule has 0 aliphatic carbocycles. The average molecular weight is 275 g/mol. The summed E-state index contributed by atoms with van der Waals surface area (Å²) in [7, 11) is 0. The molecule has 5 heteroatoms. The third kappa shape index (κ3) is 2.99. The second kappa shape index (κ2) is 6.23. The highest BCUT2D eigenvalue weighted by molar-refractivity contribution is 5.81. The van der Waals surface area contributed by atoms with Gasteiger partial charge < -0.3 is 9.84 Å². The number of ether oxygens (including phenoxy) is 1. The molecule has 0 radical (unpaired) electrons. The highest BCUT2D eigenvalue weighted by atomic mass is 16.6. The van der Waals surface area contributed by atoms with Gasteiger partial charge in [0.1, 0.15) is 12.6 Å². The molecule has 1 aromatic carbocycles. The fourth-order valence-electron chi connectivity index (χ4n) is 2.39. The van der Waals surface area contributed by atoms with Crippen LogP contribution in [0.15, 0.2) is 43.0 Å². The van der Waals surface area contributed by atoms with Crippen molar-refractivity contribution in [3.63, 3.8) is 0 Å². The number of likely N-dealkylation sites (tertiary alicyclic amines) is 1. The molecule has 5 nitrogen and oxygen atoms in total. The van der Waals surface area contributed by atoms with Gasteiger partial charge >= 0.3 is 12.1 Å². The smallest absolute Gasteiger partial charge is 0.410 e. The van der Waals surface area contributed by atoms with Crippen molar-refractivity contribution in [3.8, 4) is 0 Å². The van der Waals surface area contributed by atoms with Gasteiger partial charge in [0.25, 0.3) is 0 Å². The van der Waals surface area contributed by atoms with Crippen molar-refractivity contribution < 1.29 is 19.4 Å². The minimum atomic E-state index is -1.02. The Hall–Kier alpha value is -2.30. The summed E-state index contributed by atoms with van der Waals surface area (Å²) in [4.78, 5) is 24.5. The van der Waals surface area contributed by atoms with Gasteiger partial charge in [0.2, 0.25) is 0 Å². The van der Waals surface area contributed by atoms with Crippen LogP contribution < -0.4 is 0 Å². The van der Waals surface area contributed by atoms with E-state index in [1.165, 1.54) is 4.90 Å². The summed E-state index contributed by atoms with van der Waals surface area (Å²) in [5, 5.41) is 9.22. The predicted molar refractivity (Wildman–Crippen MR) is 73.1 cm³/mol. The maximum Gasteiger partial charge on any atom is 0.410 e. The van der Waals surface area contributed by atoms with E-state index in [0.29, 0.717) is 13.0 Å². The summed E-state index contributed by atoms with van der Waals surface area (Å²) >= 11 is 0. The molecule has 1 N–H and O–H groups in total. The van der Waals surface area contributed by atoms with Gasteiger partial charge in [0, 0.05) is 12.5 Å². The van der Waals surface area contributed by atoms with Crippen LogP contribution in [0.25, 0.3) is 0 Å². The van der Waals surface area contributed by atoms with Crippen LogP contribution in [0.4, 0.5) is 4.79 Å². The monoisotopic (exact) mass is 275 g/mol. The molecule has 0 unspecified atom stereocenters. The van der Waals surface area contributed by atoms with Crippen LogP contribution >= 0.6 is 0 Å². The molecule has 1 heterocycles. The number of carbonyl (C=O) groups excluding carboxylic acids is 1. The first kappa shape index (κ1) is 14.1. The lowest BCUT2D eigenvalue weighted by molar-refractivity contribution is -0.142. The lowest BCUT2D eigenvalue weighted by atomic mass is 10.0. The first-order valence-electron chi connectivity index (χ1n) is 6.46. The molecular formula is C15H17NO4. The van der Waals surface area contributed by atoms with Gasteiger partial charge in [-0.2, -0.15) is 0 Å². The van der Waals surface area contributed by atoms with E-state index in [9.17, 15) is 14.7 Å². The summed E-state index contributed by atoms with van der Waals surface area (Å²) in [6.45, 7) is 4.14. The molecule has 20 heavy (non-hydrogen) atoms. The molecule has 1 saturated heterocycles. The van der Waals surface area contributed by atoms with E-state index in [0.717, 1.165) is 5.56 Å². The van der Waals surface area contributed by atoms with Crippen LogP contribution in [0.5, 0.6) is 0 Å². The lowest BCUT2D eigenvalue weighted by Crippen LogP contribution is -2.43. The first-order valence-corrected chi connectivity index (χ1v) is 6.46. The van der Waals surface area contributed by atoms with Crippen molar-refractivity contribution in [2.24, 2.45) is 5.92 Å². The molecule has 0 spiro atoms. The number of benzene rings is 1. The number of carboxylic acids is 1. The van der Waals surface area contributed by atoms with Crippen LogP contribution in [-0.4, -0.2) is 34.7 Å². The molecule has 1 aliphatic heterocycles. The summed E-state index contributed by atoms with van der Waals surface area (Å²) in [6.07, 6.45) is 1.59. The van der Waals surface area contributed by atoms with Crippen LogP contribution in [0.2, 0.25) is 0 Å². The third-order valence-corrected chi connectivity index (χ3v) is 3.44. The molecule has 106 valence electrons. The van der Waals surface area contributed by atoms with Crippen LogP contribution in [-0.2, 0) is 16.1 Å². The normalized spacial score (nSPS) is 21.5. The Kier molecular flexibility index (Phi) is 4.40. The fourth-order valence-corrected chi connectivity index (χ4v) is 2.39. The Morgan fingerprint density at radius 3 is 2.70 bits per heavy atom. The fraction of sp³-hybridized carbons (Fsp3) is 0.333. The molecule has 2 rings (SSSR count). The zero-order valence-corrected chi connectivity index (χ0v) is 11.1. The van der Waals surface area contributed by atoms with E-state index in [2.05, 4.69) is 6.58 Å². The van der Waals surface area contributed by atoms with Gasteiger partial charge in [-0.25, -0.2) is 9.59 Å². The van der Waals surface area contributed by atoms with E-state index in [4.69, 9.17) is 4.74 Å². The maximum absolute atomic E-state index is 12.0. The number of hydrogen-bond acceptors (Lipinski definition) is 3. The van der Waals surface area contributed by atoms with Crippen molar-refractivity contribution in [3.05, 3.63) is 48.6 Å². The Morgan fingerprint density at radius 2 is 2.10 bits per heavy atom. The topological polar surface area (TPSA) is 66.8 Å². The highest BCUT2D eigenvalue weighted by Gasteiger charge is 2.41. The number of carbonyl (C=O) groups is 2. The first-order chi connectivity index (χ1) is 9.63. The van der Waals surface area contributed by atoms with Crippen molar-refractivity contribution >= 4 is 12.1 Å². The molecule has 1 aliphatic rings. The number of amides is 1. The van der Waals surface area contributed by atoms with Crippen LogP contribution in [0, 0.1) is 5.92 Å². The molecule has 1 amide bonds. The summed E-state index contributed by atoms with van der Waals surface area (Å²) in [5.74, 6) is -1.25. The maximum atomic E-state index is 12.0. The molecule has 0 aromatic heterocycles. The molecular weight excluding hydrogens is 258 g/mol. The van der Waals surface area contributed by atoms with Gasteiger partial charge in [-0.15, -0.1) is 6.58 Å². The van der Waals surface area contributed by atoms with E-state index >= 15 is 0 Å². The average Bonchev–Trinajstić information content (AvgIpc) is 2.90. The Morgan fingerprint density at radius 1 is 1.40 bits per heavy atom. The van der Waals surface area contributed by atoms with Crippen molar-refractivity contribution in [1.82, 2.24) is 4.90 Å². The standard InChI is InChI=1S/C15H17NO4/c1-2-12-8-9-16(13(12)14(17)18)15(19)20-10-11-6-4-3-5-7-11/h2-7,12-13H,1,8-10H2,(H,17,18)/t12-,13-/m0/s1. The van der Waals surface area contributed by atoms with Gasteiger partial charge in [-0.05, 0) is 12.0 Å². The van der Waals surface area contributed by atoms with Crippen molar-refractivity contribution in [2.75, 3.05) is 6.54 Å². The Balaban J connectivity index is 1.98. The summed E-state index contributed by atoms with van der Waals surface area (Å²) in [6, 6.07) is 8.40. The van der Waals surface area contributed by atoms with Crippen molar-refractivity contribution in [1.29, 1.82) is 0 Å². The minimum absolute atomic E-state index is 0.140. The zero-order valence-electron chi connectivity index (χ0n) is 11.1.